The third-order valence-electron chi connectivity index (χ3n) is 10.1. The molecule has 2 aliphatic carbocycles. The van der Waals surface area contributed by atoms with E-state index in [4.69, 9.17) is 4.74 Å². The summed E-state index contributed by atoms with van der Waals surface area (Å²) in [6.07, 6.45) is 5.95. The predicted molar refractivity (Wildman–Crippen MR) is 205 cm³/mol. The van der Waals surface area contributed by atoms with E-state index in [2.05, 4.69) is 130 Å². The van der Waals surface area contributed by atoms with Gasteiger partial charge in [0.25, 0.3) is 0 Å². The first kappa shape index (κ1) is 32.8. The second kappa shape index (κ2) is 14.0. The summed E-state index contributed by atoms with van der Waals surface area (Å²) in [6.45, 7) is 0.222. The number of allylic oxidation sites excluding steroid dienone is 2. The number of rotatable bonds is 10. The summed E-state index contributed by atoms with van der Waals surface area (Å²) < 4.78 is 6.37. The normalized spacial score (nSPS) is 16.2. The number of carbonyl (C=O) groups excluding carboxylic acids is 2. The van der Waals surface area contributed by atoms with Gasteiger partial charge in [0.15, 0.2) is 0 Å². The number of Topliss-reactive ketones (excluding diaryl/α,β-unsaturated/α-hetero) is 2. The van der Waals surface area contributed by atoms with E-state index in [1.54, 1.807) is 21.9 Å². The van der Waals surface area contributed by atoms with Crippen molar-refractivity contribution in [2.24, 2.45) is 5.92 Å². The molecule has 48 heavy (non-hydrogen) atoms. The molecule has 7 rings (SSSR count). The topological polar surface area (TPSA) is 43.4 Å². The van der Waals surface area contributed by atoms with E-state index in [9.17, 15) is 9.59 Å². The zero-order valence-corrected chi connectivity index (χ0v) is 30.1. The Morgan fingerprint density at radius 2 is 1.04 bits per heavy atom. The molecule has 6 heteroatoms. The molecule has 0 heterocycles. The van der Waals surface area contributed by atoms with Gasteiger partial charge in [0.2, 0.25) is 0 Å². The van der Waals surface area contributed by atoms with E-state index < -0.39 is 5.81 Å². The molecule has 0 amide bonds. The van der Waals surface area contributed by atoms with Gasteiger partial charge in [-0.2, -0.15) is 0 Å². The van der Waals surface area contributed by atoms with Gasteiger partial charge in [-0.1, -0.05) is 12.5 Å². The first-order valence-corrected chi connectivity index (χ1v) is 22.4. The van der Waals surface area contributed by atoms with Gasteiger partial charge in [-0.3, -0.25) is 0 Å². The predicted octanol–water partition coefficient (Wildman–Crippen LogP) is 10.1. The Labute approximate surface area is 294 Å². The Balaban J connectivity index is 1.24. The minimum absolute atomic E-state index is 0.0521. The molecule has 242 valence electrons. The minimum atomic E-state index is -3.14. The van der Waals surface area contributed by atoms with Gasteiger partial charge in [0, 0.05) is 0 Å². The van der Waals surface area contributed by atoms with Crippen molar-refractivity contribution in [3.8, 4) is 0 Å². The van der Waals surface area contributed by atoms with Gasteiger partial charge in [-0.05, 0) is 0 Å². The molecule has 0 bridgehead atoms. The standard InChI is InChI=1S/C42H38BrO3PS/c43-48-47(34-17-7-2-8-18-34,35-19-9-3-10-20-35,36-21-11-4-12-22-36)30-32-27-25-31(26-28-32)29-46-42-39(33-15-5-1-6-16-33)40(44)37-23-13-14-24-38(37)41(42)45/h2-4,7-14,17-28,33H,1,5-6,15-16,29-30H2. The van der Waals surface area contributed by atoms with Crippen LogP contribution < -0.4 is 15.9 Å². The quantitative estimate of drug-likeness (QED) is 0.134. The van der Waals surface area contributed by atoms with E-state index in [0.717, 1.165) is 37.4 Å². The van der Waals surface area contributed by atoms with Gasteiger partial charge in [0.1, 0.15) is 0 Å². The van der Waals surface area contributed by atoms with Crippen LogP contribution in [0, 0.1) is 5.92 Å². The molecule has 3 nitrogen and oxygen atoms in total. The maximum absolute atomic E-state index is 13.8. The van der Waals surface area contributed by atoms with Crippen molar-refractivity contribution in [1.82, 2.24) is 0 Å². The van der Waals surface area contributed by atoms with Crippen LogP contribution in [0.1, 0.15) is 63.9 Å². The van der Waals surface area contributed by atoms with Crippen LogP contribution in [0.25, 0.3) is 0 Å². The summed E-state index contributed by atoms with van der Waals surface area (Å²) in [5.41, 5.74) is 3.68. The molecule has 0 radical (unpaired) electrons. The number of ketones is 2. The zero-order chi connectivity index (χ0) is 33.0. The first-order valence-electron chi connectivity index (χ1n) is 16.7. The molecule has 0 aliphatic heterocycles. The molecule has 0 saturated heterocycles. The van der Waals surface area contributed by atoms with Gasteiger partial charge in [-0.25, -0.2) is 0 Å². The van der Waals surface area contributed by atoms with Crippen molar-refractivity contribution in [3.05, 3.63) is 173 Å². The summed E-state index contributed by atoms with van der Waals surface area (Å²) in [5.74, 6) is -3.07. The second-order valence-corrected chi connectivity index (χ2v) is 22.7. The molecule has 2 aliphatic rings. The van der Waals surface area contributed by atoms with Gasteiger partial charge >= 0.3 is 284 Å². The molecule has 0 N–H and O–H groups in total. The fraction of sp³-hybridized carbons (Fsp3) is 0.190. The average Bonchev–Trinajstić information content (AvgIpc) is 3.17. The SMILES string of the molecule is O=C1C(OCc2ccc(CP(SBr)(c3ccccc3)(c3ccccc3)c3ccccc3)cc2)=C(C2CCCCC2)C(=O)c2ccccc21. The number of halogens is 1. The molecule has 0 atom stereocenters. The van der Waals surface area contributed by atoms with Crippen molar-refractivity contribution in [1.29, 1.82) is 0 Å². The summed E-state index contributed by atoms with van der Waals surface area (Å²) in [7, 11) is 1.80. The van der Waals surface area contributed by atoms with Crippen LogP contribution in [0.4, 0.5) is 0 Å². The van der Waals surface area contributed by atoms with Gasteiger partial charge in [-0.15, -0.1) is 0 Å². The molecule has 0 aromatic heterocycles. The number of hydrogen-bond acceptors (Lipinski definition) is 4. The number of benzene rings is 5. The Hall–Kier alpha value is -3.76. The molecule has 0 unspecified atom stereocenters. The average molecular weight is 734 g/mol. The van der Waals surface area contributed by atoms with E-state index in [1.807, 2.05) is 12.1 Å². The number of hydrogen-bond donors (Lipinski definition) is 0. The maximum atomic E-state index is 13.8. The molecular weight excluding hydrogens is 695 g/mol. The van der Waals surface area contributed by atoms with Crippen molar-refractivity contribution in [3.63, 3.8) is 0 Å². The number of fused-ring (bicyclic) bond motifs is 1. The monoisotopic (exact) mass is 732 g/mol. The van der Waals surface area contributed by atoms with E-state index >= 15 is 0 Å². The van der Waals surface area contributed by atoms with Crippen LogP contribution >= 0.6 is 30.4 Å². The summed E-state index contributed by atoms with van der Waals surface area (Å²) in [4.78, 5) is 27.6. The Kier molecular flexibility index (Phi) is 9.56. The molecular formula is C42H38BrO3PS. The summed E-state index contributed by atoms with van der Waals surface area (Å²) in [6, 6.07) is 48.4. The van der Waals surface area contributed by atoms with Crippen molar-refractivity contribution >= 4 is 57.9 Å². The molecule has 5 aromatic carbocycles. The second-order valence-electron chi connectivity index (χ2n) is 12.8. The van der Waals surface area contributed by atoms with Crippen molar-refractivity contribution in [2.45, 2.75) is 44.9 Å². The molecule has 1 saturated carbocycles. The van der Waals surface area contributed by atoms with E-state index in [0.29, 0.717) is 16.7 Å². The van der Waals surface area contributed by atoms with Crippen LogP contribution in [0.5, 0.6) is 0 Å². The van der Waals surface area contributed by atoms with E-state index in [1.165, 1.54) is 27.9 Å². The van der Waals surface area contributed by atoms with Crippen LogP contribution in [-0.2, 0) is 17.5 Å². The van der Waals surface area contributed by atoms with Gasteiger partial charge < -0.3 is 0 Å². The fourth-order valence-electron chi connectivity index (χ4n) is 7.62. The summed E-state index contributed by atoms with van der Waals surface area (Å²) in [5, 5.41) is 3.91. The third-order valence-corrected chi connectivity index (χ3v) is 24.5. The van der Waals surface area contributed by atoms with Crippen LogP contribution in [-0.4, -0.2) is 11.6 Å². The molecule has 1 fully saturated rings. The third kappa shape index (κ3) is 5.70. The Morgan fingerprint density at radius 1 is 0.583 bits per heavy atom. The van der Waals surface area contributed by atoms with Gasteiger partial charge in [0.05, 0.1) is 0 Å². The van der Waals surface area contributed by atoms with Crippen LogP contribution in [0.15, 0.2) is 151 Å². The Morgan fingerprint density at radius 3 is 1.54 bits per heavy atom. The van der Waals surface area contributed by atoms with Crippen molar-refractivity contribution < 1.29 is 14.3 Å². The Bertz CT molecular complexity index is 1850. The fourth-order valence-corrected chi connectivity index (χ4v) is 20.5. The number of ether oxygens (including phenoxy) is 1. The summed E-state index contributed by atoms with van der Waals surface area (Å²) >= 11 is 4.03. The first-order chi connectivity index (χ1) is 23.5. The zero-order valence-electron chi connectivity index (χ0n) is 26.8. The molecule has 5 aromatic rings. The van der Waals surface area contributed by atoms with Crippen LogP contribution in [0.3, 0.4) is 0 Å². The molecule has 0 spiro atoms. The van der Waals surface area contributed by atoms with Crippen LogP contribution in [0.2, 0.25) is 0 Å². The van der Waals surface area contributed by atoms with E-state index in [-0.39, 0.29) is 29.9 Å². The van der Waals surface area contributed by atoms with Crippen molar-refractivity contribution in [2.75, 3.05) is 0 Å². The number of carbonyl (C=O) groups is 2.